The van der Waals surface area contributed by atoms with E-state index in [0.717, 1.165) is 5.69 Å². The van der Waals surface area contributed by atoms with Crippen LogP contribution in [0.5, 0.6) is 0 Å². The maximum absolute atomic E-state index is 11.9. The molecule has 1 aromatic rings. The van der Waals surface area contributed by atoms with Gasteiger partial charge in [-0.3, -0.25) is 4.79 Å². The fraction of sp³-hybridized carbons (Fsp3) is 0.385. The van der Waals surface area contributed by atoms with E-state index in [2.05, 4.69) is 5.32 Å². The van der Waals surface area contributed by atoms with Gasteiger partial charge in [0.15, 0.2) is 0 Å². The zero-order valence-corrected chi connectivity index (χ0v) is 10.4. The average Bonchev–Trinajstić information content (AvgIpc) is 2.35. The highest BCUT2D eigenvalue weighted by atomic mass is 16.1. The number of anilines is 1. The molecule has 17 heavy (non-hydrogen) atoms. The summed E-state index contributed by atoms with van der Waals surface area (Å²) in [6.07, 6.45) is 0.607. The number of nitriles is 1. The lowest BCUT2D eigenvalue weighted by Crippen LogP contribution is -2.33. The van der Waals surface area contributed by atoms with Gasteiger partial charge in [0.2, 0.25) is 0 Å². The Hall–Kier alpha value is -2.02. The van der Waals surface area contributed by atoms with Crippen molar-refractivity contribution >= 4 is 11.6 Å². The third-order valence-corrected chi connectivity index (χ3v) is 2.49. The summed E-state index contributed by atoms with van der Waals surface area (Å²) in [4.78, 5) is 13.8. The Labute approximate surface area is 102 Å². The minimum Gasteiger partial charge on any atom is -0.378 e. The normalized spacial score (nSPS) is 11.4. The zero-order valence-electron chi connectivity index (χ0n) is 10.4. The molecule has 0 bridgehead atoms. The molecule has 1 amide bonds. The summed E-state index contributed by atoms with van der Waals surface area (Å²) >= 11 is 0. The molecule has 4 nitrogen and oxygen atoms in total. The van der Waals surface area contributed by atoms with E-state index in [4.69, 9.17) is 5.26 Å². The van der Waals surface area contributed by atoms with Crippen molar-refractivity contribution < 1.29 is 4.79 Å². The number of carbonyl (C=O) groups is 1. The lowest BCUT2D eigenvalue weighted by molar-refractivity contribution is 0.0944. The summed E-state index contributed by atoms with van der Waals surface area (Å²) in [5, 5.41) is 11.5. The standard InChI is InChI=1S/C13H17N3O/c1-4-11(9-14)15-13(17)10-6-5-7-12(8-10)16(2)3/h5-8,11H,4H2,1-3H3,(H,15,17). The smallest absolute Gasteiger partial charge is 0.252 e. The highest BCUT2D eigenvalue weighted by Crippen LogP contribution is 2.13. The third kappa shape index (κ3) is 3.49. The van der Waals surface area contributed by atoms with Crippen molar-refractivity contribution in [1.29, 1.82) is 5.26 Å². The first-order valence-electron chi connectivity index (χ1n) is 5.56. The molecule has 0 saturated carbocycles. The predicted molar refractivity (Wildman–Crippen MR) is 67.9 cm³/mol. The molecule has 1 aromatic carbocycles. The Bertz CT molecular complexity index is 435. The van der Waals surface area contributed by atoms with E-state index < -0.39 is 6.04 Å². The number of hydrogen-bond donors (Lipinski definition) is 1. The van der Waals surface area contributed by atoms with E-state index in [1.807, 2.05) is 44.1 Å². The van der Waals surface area contributed by atoms with Crippen molar-refractivity contribution in [1.82, 2.24) is 5.32 Å². The van der Waals surface area contributed by atoms with Crippen LogP contribution in [0.1, 0.15) is 23.7 Å². The van der Waals surface area contributed by atoms with Gasteiger partial charge in [0.1, 0.15) is 6.04 Å². The first-order valence-corrected chi connectivity index (χ1v) is 5.56. The number of carbonyl (C=O) groups excluding carboxylic acids is 1. The molecule has 1 atom stereocenters. The Morgan fingerprint density at radius 2 is 2.24 bits per heavy atom. The first kappa shape index (κ1) is 13.0. The molecular formula is C13H17N3O. The number of nitrogens with one attached hydrogen (secondary N) is 1. The Balaban J connectivity index is 2.83. The molecule has 0 radical (unpaired) electrons. The van der Waals surface area contributed by atoms with Gasteiger partial charge in [-0.25, -0.2) is 0 Å². The van der Waals surface area contributed by atoms with Crippen LogP contribution in [0, 0.1) is 11.3 Å². The molecule has 0 heterocycles. The van der Waals surface area contributed by atoms with Crippen LogP contribution in [-0.2, 0) is 0 Å². The summed E-state index contributed by atoms with van der Waals surface area (Å²) in [5.74, 6) is -0.206. The molecular weight excluding hydrogens is 214 g/mol. The highest BCUT2D eigenvalue weighted by molar-refractivity contribution is 5.95. The van der Waals surface area contributed by atoms with Crippen molar-refractivity contribution in [3.63, 3.8) is 0 Å². The SMILES string of the molecule is CCC(C#N)NC(=O)c1cccc(N(C)C)c1. The Kier molecular flexibility index (Phi) is 4.53. The molecule has 4 heteroatoms. The van der Waals surface area contributed by atoms with E-state index in [1.54, 1.807) is 12.1 Å². The van der Waals surface area contributed by atoms with Gasteiger partial charge in [0.05, 0.1) is 6.07 Å². The fourth-order valence-electron chi connectivity index (χ4n) is 1.39. The quantitative estimate of drug-likeness (QED) is 0.859. The van der Waals surface area contributed by atoms with Gasteiger partial charge >= 0.3 is 0 Å². The second kappa shape index (κ2) is 5.90. The average molecular weight is 231 g/mol. The number of rotatable bonds is 4. The minimum absolute atomic E-state index is 0.206. The molecule has 1 unspecified atom stereocenters. The highest BCUT2D eigenvalue weighted by Gasteiger charge is 2.11. The number of hydrogen-bond acceptors (Lipinski definition) is 3. The van der Waals surface area contributed by atoms with Gasteiger partial charge in [0, 0.05) is 25.3 Å². The van der Waals surface area contributed by atoms with E-state index in [9.17, 15) is 4.79 Å². The van der Waals surface area contributed by atoms with Gasteiger partial charge in [-0.1, -0.05) is 13.0 Å². The maximum Gasteiger partial charge on any atom is 0.252 e. The minimum atomic E-state index is -0.425. The van der Waals surface area contributed by atoms with Gasteiger partial charge in [-0.05, 0) is 24.6 Å². The second-order valence-corrected chi connectivity index (χ2v) is 4.01. The van der Waals surface area contributed by atoms with Crippen molar-refractivity contribution in [2.75, 3.05) is 19.0 Å². The van der Waals surface area contributed by atoms with Crippen LogP contribution in [0.25, 0.3) is 0 Å². The lowest BCUT2D eigenvalue weighted by atomic mass is 10.1. The van der Waals surface area contributed by atoms with Crippen LogP contribution in [0.3, 0.4) is 0 Å². The molecule has 0 aromatic heterocycles. The summed E-state index contributed by atoms with van der Waals surface area (Å²) in [7, 11) is 3.84. The largest absolute Gasteiger partial charge is 0.378 e. The van der Waals surface area contributed by atoms with Crippen molar-refractivity contribution in [2.24, 2.45) is 0 Å². The fourth-order valence-corrected chi connectivity index (χ4v) is 1.39. The van der Waals surface area contributed by atoms with Crippen molar-refractivity contribution in [3.05, 3.63) is 29.8 Å². The van der Waals surface area contributed by atoms with Crippen LogP contribution in [0.15, 0.2) is 24.3 Å². The van der Waals surface area contributed by atoms with Crippen LogP contribution in [-0.4, -0.2) is 26.0 Å². The molecule has 0 saturated heterocycles. The maximum atomic E-state index is 11.9. The van der Waals surface area contributed by atoms with Crippen molar-refractivity contribution in [2.45, 2.75) is 19.4 Å². The van der Waals surface area contributed by atoms with Crippen LogP contribution < -0.4 is 10.2 Å². The third-order valence-electron chi connectivity index (χ3n) is 2.49. The summed E-state index contributed by atoms with van der Waals surface area (Å²) in [6.45, 7) is 1.87. The first-order chi connectivity index (χ1) is 8.08. The van der Waals surface area contributed by atoms with Gasteiger partial charge in [-0.2, -0.15) is 5.26 Å². The lowest BCUT2D eigenvalue weighted by Gasteiger charge is -2.14. The van der Waals surface area contributed by atoms with E-state index in [1.165, 1.54) is 0 Å². The van der Waals surface area contributed by atoms with Gasteiger partial charge < -0.3 is 10.2 Å². The summed E-state index contributed by atoms with van der Waals surface area (Å²) in [5.41, 5.74) is 1.53. The molecule has 1 N–H and O–H groups in total. The van der Waals surface area contributed by atoms with Crippen LogP contribution in [0.2, 0.25) is 0 Å². The molecule has 1 rings (SSSR count). The van der Waals surface area contributed by atoms with E-state index >= 15 is 0 Å². The summed E-state index contributed by atoms with van der Waals surface area (Å²) in [6, 6.07) is 8.93. The molecule has 90 valence electrons. The molecule has 0 aliphatic carbocycles. The van der Waals surface area contributed by atoms with Crippen LogP contribution in [0.4, 0.5) is 5.69 Å². The monoisotopic (exact) mass is 231 g/mol. The Morgan fingerprint density at radius 3 is 2.76 bits per heavy atom. The van der Waals surface area contributed by atoms with Gasteiger partial charge in [-0.15, -0.1) is 0 Å². The predicted octanol–water partition coefficient (Wildman–Crippen LogP) is 1.78. The number of amides is 1. The van der Waals surface area contributed by atoms with Gasteiger partial charge in [0.25, 0.3) is 5.91 Å². The molecule has 0 spiro atoms. The van der Waals surface area contributed by atoms with Crippen molar-refractivity contribution in [3.8, 4) is 6.07 Å². The van der Waals surface area contributed by atoms with E-state index in [0.29, 0.717) is 12.0 Å². The topological polar surface area (TPSA) is 56.1 Å². The van der Waals surface area contributed by atoms with Crippen LogP contribution >= 0.6 is 0 Å². The van der Waals surface area contributed by atoms with E-state index in [-0.39, 0.29) is 5.91 Å². The molecule has 0 aliphatic rings. The summed E-state index contributed by atoms with van der Waals surface area (Å²) < 4.78 is 0. The number of nitrogens with zero attached hydrogens (tertiary/aromatic N) is 2. The molecule has 0 aliphatic heterocycles. The zero-order chi connectivity index (χ0) is 12.8. The number of benzene rings is 1. The molecule has 0 fully saturated rings. The Morgan fingerprint density at radius 1 is 1.53 bits per heavy atom. The second-order valence-electron chi connectivity index (χ2n) is 4.01.